The lowest BCUT2D eigenvalue weighted by atomic mass is 10.0. The van der Waals surface area contributed by atoms with Gasteiger partial charge in [0.25, 0.3) is 0 Å². The summed E-state index contributed by atoms with van der Waals surface area (Å²) in [5.41, 5.74) is 0. The zero-order chi connectivity index (χ0) is 38.7. The fraction of sp³-hybridized carbons (Fsp3) is 0.766. The summed E-state index contributed by atoms with van der Waals surface area (Å²) in [4.78, 5) is 37.5. The van der Waals surface area contributed by atoms with Crippen LogP contribution in [-0.2, 0) is 28.6 Å². The highest BCUT2D eigenvalue weighted by Crippen LogP contribution is 2.15. The summed E-state index contributed by atoms with van der Waals surface area (Å²) >= 11 is 0. The quantitative estimate of drug-likeness (QED) is 0.0270. The fourth-order valence-corrected chi connectivity index (χ4v) is 6.04. The van der Waals surface area contributed by atoms with Crippen LogP contribution in [0.5, 0.6) is 0 Å². The van der Waals surface area contributed by atoms with E-state index < -0.39 is 12.1 Å². The number of allylic oxidation sites excluding steroid dienone is 8. The molecule has 1 atom stereocenters. The van der Waals surface area contributed by atoms with Crippen molar-refractivity contribution < 1.29 is 28.6 Å². The lowest BCUT2D eigenvalue weighted by molar-refractivity contribution is -0.166. The first kappa shape index (κ1) is 50.4. The van der Waals surface area contributed by atoms with Crippen LogP contribution in [0, 0.1) is 0 Å². The zero-order valence-electron chi connectivity index (χ0n) is 34.8. The Hall–Kier alpha value is -2.63. The number of carbonyl (C=O) groups excluding carboxylic acids is 3. The van der Waals surface area contributed by atoms with Crippen LogP contribution in [-0.4, -0.2) is 37.2 Å². The molecule has 0 aliphatic carbocycles. The molecule has 1 unspecified atom stereocenters. The Morgan fingerprint density at radius 3 is 1.11 bits per heavy atom. The van der Waals surface area contributed by atoms with E-state index in [1.807, 2.05) is 12.2 Å². The van der Waals surface area contributed by atoms with Crippen LogP contribution in [0.2, 0.25) is 0 Å². The minimum atomic E-state index is -0.803. The highest BCUT2D eigenvalue weighted by atomic mass is 16.6. The molecule has 0 saturated heterocycles. The number of esters is 3. The van der Waals surface area contributed by atoms with Gasteiger partial charge in [0.05, 0.1) is 0 Å². The standard InChI is InChI=1S/C47H82O6/c1-4-7-10-13-16-18-20-22-23-24-26-27-29-31-34-37-40-46(49)52-43-44(42-51-45(48)39-36-33-15-12-9-6-3)53-47(50)41-38-35-32-30-28-25-21-19-17-14-11-8-5-2/h8,11,17,19,25,28,32,35,44H,4-7,9-10,12-16,18,20-24,26-27,29-31,33-34,36-43H2,1-3H3/b11-8-,19-17-,28-25-,35-32-. The maximum absolute atomic E-state index is 12.6. The summed E-state index contributed by atoms with van der Waals surface area (Å²) in [6, 6.07) is 0. The molecule has 53 heavy (non-hydrogen) atoms. The molecule has 0 radical (unpaired) electrons. The van der Waals surface area contributed by atoms with Gasteiger partial charge >= 0.3 is 17.9 Å². The molecule has 0 amide bonds. The third-order valence-corrected chi connectivity index (χ3v) is 9.36. The second-order valence-corrected chi connectivity index (χ2v) is 14.6. The molecule has 0 aromatic carbocycles. The first-order valence-electron chi connectivity index (χ1n) is 22.1. The molecule has 0 heterocycles. The minimum Gasteiger partial charge on any atom is -0.462 e. The molecule has 0 bridgehead atoms. The average molecular weight is 743 g/mol. The maximum Gasteiger partial charge on any atom is 0.306 e. The maximum atomic E-state index is 12.6. The van der Waals surface area contributed by atoms with Crippen molar-refractivity contribution in [1.29, 1.82) is 0 Å². The molecule has 306 valence electrons. The van der Waals surface area contributed by atoms with Crippen LogP contribution >= 0.6 is 0 Å². The molecular formula is C47H82O6. The second kappa shape index (κ2) is 42.1. The van der Waals surface area contributed by atoms with Crippen LogP contribution in [0.3, 0.4) is 0 Å². The monoisotopic (exact) mass is 743 g/mol. The Balaban J connectivity index is 4.33. The van der Waals surface area contributed by atoms with Crippen molar-refractivity contribution in [2.75, 3.05) is 13.2 Å². The molecule has 0 N–H and O–H groups in total. The number of hydrogen-bond donors (Lipinski definition) is 0. The van der Waals surface area contributed by atoms with Crippen LogP contribution in [0.4, 0.5) is 0 Å². The molecule has 6 heteroatoms. The Morgan fingerprint density at radius 2 is 0.736 bits per heavy atom. The van der Waals surface area contributed by atoms with Gasteiger partial charge in [0, 0.05) is 19.3 Å². The van der Waals surface area contributed by atoms with Crippen molar-refractivity contribution in [1.82, 2.24) is 0 Å². The molecule has 0 saturated carbocycles. The van der Waals surface area contributed by atoms with E-state index in [0.29, 0.717) is 19.3 Å². The van der Waals surface area contributed by atoms with Crippen LogP contribution in [0.1, 0.15) is 213 Å². The van der Waals surface area contributed by atoms with Gasteiger partial charge in [-0.25, -0.2) is 0 Å². The van der Waals surface area contributed by atoms with E-state index in [1.54, 1.807) is 0 Å². The number of carbonyl (C=O) groups is 3. The number of ether oxygens (including phenoxy) is 3. The van der Waals surface area contributed by atoms with Crippen molar-refractivity contribution in [3.8, 4) is 0 Å². The van der Waals surface area contributed by atoms with E-state index >= 15 is 0 Å². The average Bonchev–Trinajstić information content (AvgIpc) is 3.15. The predicted octanol–water partition coefficient (Wildman–Crippen LogP) is 14.0. The van der Waals surface area contributed by atoms with Gasteiger partial charge in [-0.2, -0.15) is 0 Å². The molecule has 6 nitrogen and oxygen atoms in total. The normalized spacial score (nSPS) is 12.4. The van der Waals surface area contributed by atoms with Crippen molar-refractivity contribution in [3.05, 3.63) is 48.6 Å². The molecule has 0 aromatic rings. The lowest BCUT2D eigenvalue weighted by Crippen LogP contribution is -2.30. The van der Waals surface area contributed by atoms with Crippen molar-refractivity contribution in [3.63, 3.8) is 0 Å². The third kappa shape index (κ3) is 40.4. The highest BCUT2D eigenvalue weighted by molar-refractivity contribution is 5.71. The van der Waals surface area contributed by atoms with Crippen LogP contribution < -0.4 is 0 Å². The smallest absolute Gasteiger partial charge is 0.306 e. The number of hydrogen-bond acceptors (Lipinski definition) is 6. The summed E-state index contributed by atoms with van der Waals surface area (Å²) in [5.74, 6) is -0.992. The first-order chi connectivity index (χ1) is 26.0. The van der Waals surface area contributed by atoms with E-state index in [0.717, 1.165) is 64.2 Å². The fourth-order valence-electron chi connectivity index (χ4n) is 6.04. The van der Waals surface area contributed by atoms with Gasteiger partial charge < -0.3 is 14.2 Å². The molecule has 0 aliphatic rings. The van der Waals surface area contributed by atoms with E-state index in [2.05, 4.69) is 57.2 Å². The van der Waals surface area contributed by atoms with Gasteiger partial charge in [-0.3, -0.25) is 14.4 Å². The minimum absolute atomic E-state index is 0.0995. The van der Waals surface area contributed by atoms with E-state index in [4.69, 9.17) is 14.2 Å². The van der Waals surface area contributed by atoms with E-state index in [9.17, 15) is 14.4 Å². The Morgan fingerprint density at radius 1 is 0.396 bits per heavy atom. The van der Waals surface area contributed by atoms with Gasteiger partial charge in [-0.15, -0.1) is 0 Å². The molecular weight excluding hydrogens is 661 g/mol. The second-order valence-electron chi connectivity index (χ2n) is 14.6. The van der Waals surface area contributed by atoms with Gasteiger partial charge in [-0.05, 0) is 44.9 Å². The van der Waals surface area contributed by atoms with Gasteiger partial charge in [-0.1, -0.05) is 198 Å². The van der Waals surface area contributed by atoms with Gasteiger partial charge in [0.1, 0.15) is 13.2 Å². The molecule has 0 rings (SSSR count). The van der Waals surface area contributed by atoms with Crippen molar-refractivity contribution >= 4 is 17.9 Å². The highest BCUT2D eigenvalue weighted by Gasteiger charge is 2.19. The van der Waals surface area contributed by atoms with Crippen LogP contribution in [0.15, 0.2) is 48.6 Å². The van der Waals surface area contributed by atoms with E-state index in [-0.39, 0.29) is 31.6 Å². The summed E-state index contributed by atoms with van der Waals surface area (Å²) in [7, 11) is 0. The Bertz CT molecular complexity index is 949. The summed E-state index contributed by atoms with van der Waals surface area (Å²) in [6.45, 7) is 6.39. The van der Waals surface area contributed by atoms with Gasteiger partial charge in [0.2, 0.25) is 0 Å². The SMILES string of the molecule is CC/C=C\C/C=C\C/C=C\C/C=C\CCC(=O)OC(COC(=O)CCCCCCCC)COC(=O)CCCCCCCCCCCCCCCCCC. The lowest BCUT2D eigenvalue weighted by Gasteiger charge is -2.18. The summed E-state index contributed by atoms with van der Waals surface area (Å²) in [6.07, 6.45) is 48.4. The summed E-state index contributed by atoms with van der Waals surface area (Å²) < 4.78 is 16.5. The van der Waals surface area contributed by atoms with Crippen molar-refractivity contribution in [2.24, 2.45) is 0 Å². The largest absolute Gasteiger partial charge is 0.462 e. The third-order valence-electron chi connectivity index (χ3n) is 9.36. The first-order valence-corrected chi connectivity index (χ1v) is 22.1. The molecule has 0 fully saturated rings. The topological polar surface area (TPSA) is 78.9 Å². The number of unbranched alkanes of at least 4 members (excludes halogenated alkanes) is 20. The zero-order valence-corrected chi connectivity index (χ0v) is 34.8. The molecule has 0 spiro atoms. The molecule has 0 aliphatic heterocycles. The van der Waals surface area contributed by atoms with Gasteiger partial charge in [0.15, 0.2) is 6.10 Å². The molecule has 0 aromatic heterocycles. The number of rotatable bonds is 39. The van der Waals surface area contributed by atoms with Crippen molar-refractivity contribution in [2.45, 2.75) is 219 Å². The van der Waals surface area contributed by atoms with Crippen LogP contribution in [0.25, 0.3) is 0 Å². The predicted molar refractivity (Wildman–Crippen MR) is 224 cm³/mol. The van der Waals surface area contributed by atoms with E-state index in [1.165, 1.54) is 103 Å². The Kier molecular flexibility index (Phi) is 40.0. The Labute approximate surface area is 327 Å². The summed E-state index contributed by atoms with van der Waals surface area (Å²) in [5, 5.41) is 0.